The Morgan fingerprint density at radius 2 is 2.00 bits per heavy atom. The molecule has 2 rings (SSSR count). The summed E-state index contributed by atoms with van der Waals surface area (Å²) in [5.74, 6) is -0.196. The molecule has 21 heavy (non-hydrogen) atoms. The molecule has 0 aromatic heterocycles. The molecule has 1 N–H and O–H groups in total. The van der Waals surface area contributed by atoms with Crippen LogP contribution in [0.1, 0.15) is 30.6 Å². The first-order valence-electron chi connectivity index (χ1n) is 6.92. The van der Waals surface area contributed by atoms with Crippen molar-refractivity contribution in [1.29, 1.82) is 0 Å². The molecule has 0 bridgehead atoms. The standard InChI is InChI=1S/C17H18FNO2/c1-3-12(2)21-14-8-6-7-13(11-14)17(20)19-16-10-5-4-9-15(16)18/h4-12H,3H2,1-2H3,(H,19,20)/t12-/m1/s1. The molecule has 0 aliphatic heterocycles. The van der Waals surface area contributed by atoms with Gasteiger partial charge in [-0.25, -0.2) is 4.39 Å². The van der Waals surface area contributed by atoms with E-state index in [1.165, 1.54) is 12.1 Å². The highest BCUT2D eigenvalue weighted by Crippen LogP contribution is 2.18. The topological polar surface area (TPSA) is 38.3 Å². The van der Waals surface area contributed by atoms with Crippen LogP contribution in [0.4, 0.5) is 10.1 Å². The summed E-state index contributed by atoms with van der Waals surface area (Å²) in [4.78, 5) is 12.1. The Balaban J connectivity index is 2.12. The van der Waals surface area contributed by atoms with Gasteiger partial charge in [-0.15, -0.1) is 0 Å². The number of ether oxygens (including phenoxy) is 1. The van der Waals surface area contributed by atoms with Gasteiger partial charge in [-0.05, 0) is 43.7 Å². The summed E-state index contributed by atoms with van der Waals surface area (Å²) in [6.07, 6.45) is 0.959. The Morgan fingerprint density at radius 1 is 1.24 bits per heavy atom. The molecule has 0 spiro atoms. The summed E-state index contributed by atoms with van der Waals surface area (Å²) >= 11 is 0. The van der Waals surface area contributed by atoms with E-state index in [0.717, 1.165) is 6.42 Å². The van der Waals surface area contributed by atoms with E-state index in [4.69, 9.17) is 4.74 Å². The normalized spacial score (nSPS) is 11.8. The van der Waals surface area contributed by atoms with E-state index in [9.17, 15) is 9.18 Å². The average Bonchev–Trinajstić information content (AvgIpc) is 2.49. The molecule has 0 heterocycles. The zero-order valence-electron chi connectivity index (χ0n) is 12.1. The zero-order chi connectivity index (χ0) is 15.2. The van der Waals surface area contributed by atoms with Crippen LogP contribution in [0.3, 0.4) is 0 Å². The molecule has 0 saturated carbocycles. The molecule has 2 aromatic carbocycles. The first-order chi connectivity index (χ1) is 10.1. The molecule has 4 heteroatoms. The van der Waals surface area contributed by atoms with Crippen LogP contribution in [-0.2, 0) is 0 Å². The van der Waals surface area contributed by atoms with Gasteiger partial charge in [0.25, 0.3) is 5.91 Å². The van der Waals surface area contributed by atoms with Gasteiger partial charge in [0.2, 0.25) is 0 Å². The van der Waals surface area contributed by atoms with Crippen molar-refractivity contribution in [1.82, 2.24) is 0 Å². The molecule has 1 atom stereocenters. The number of halogens is 1. The summed E-state index contributed by atoms with van der Waals surface area (Å²) < 4.78 is 19.2. The molecule has 0 aliphatic carbocycles. The largest absolute Gasteiger partial charge is 0.491 e. The van der Waals surface area contributed by atoms with Gasteiger partial charge in [-0.3, -0.25) is 4.79 Å². The fourth-order valence-corrected chi connectivity index (χ4v) is 1.78. The molecule has 110 valence electrons. The highest BCUT2D eigenvalue weighted by Gasteiger charge is 2.10. The Kier molecular flexibility index (Phi) is 4.93. The Bertz CT molecular complexity index is 628. The maximum Gasteiger partial charge on any atom is 0.255 e. The quantitative estimate of drug-likeness (QED) is 0.892. The van der Waals surface area contributed by atoms with Crippen molar-refractivity contribution >= 4 is 11.6 Å². The van der Waals surface area contributed by atoms with Crippen molar-refractivity contribution in [2.45, 2.75) is 26.4 Å². The van der Waals surface area contributed by atoms with Crippen molar-refractivity contribution < 1.29 is 13.9 Å². The van der Waals surface area contributed by atoms with Crippen molar-refractivity contribution in [3.63, 3.8) is 0 Å². The number of hydrogen-bond donors (Lipinski definition) is 1. The van der Waals surface area contributed by atoms with Gasteiger partial charge in [0.1, 0.15) is 11.6 Å². The first-order valence-corrected chi connectivity index (χ1v) is 6.92. The second-order valence-corrected chi connectivity index (χ2v) is 4.80. The number of hydrogen-bond acceptors (Lipinski definition) is 2. The number of carbonyl (C=O) groups excluding carboxylic acids is 1. The number of nitrogens with one attached hydrogen (secondary N) is 1. The summed E-state index contributed by atoms with van der Waals surface area (Å²) in [5, 5.41) is 2.55. The average molecular weight is 287 g/mol. The van der Waals surface area contributed by atoms with Crippen LogP contribution < -0.4 is 10.1 Å². The maximum atomic E-state index is 13.5. The van der Waals surface area contributed by atoms with Gasteiger partial charge in [-0.2, -0.15) is 0 Å². The third kappa shape index (κ3) is 4.05. The fourth-order valence-electron chi connectivity index (χ4n) is 1.78. The van der Waals surface area contributed by atoms with Gasteiger partial charge in [0.15, 0.2) is 0 Å². The van der Waals surface area contributed by atoms with Crippen LogP contribution in [0.15, 0.2) is 48.5 Å². The molecule has 0 radical (unpaired) electrons. The summed E-state index contributed by atoms with van der Waals surface area (Å²) in [6, 6.07) is 12.9. The predicted molar refractivity (Wildman–Crippen MR) is 81.2 cm³/mol. The van der Waals surface area contributed by atoms with E-state index in [1.807, 2.05) is 13.8 Å². The lowest BCUT2D eigenvalue weighted by atomic mass is 10.2. The lowest BCUT2D eigenvalue weighted by molar-refractivity contribution is 0.102. The predicted octanol–water partition coefficient (Wildman–Crippen LogP) is 4.26. The minimum atomic E-state index is -0.460. The first kappa shape index (κ1) is 15.0. The zero-order valence-corrected chi connectivity index (χ0v) is 12.1. The van der Waals surface area contributed by atoms with Crippen LogP contribution in [-0.4, -0.2) is 12.0 Å². The highest BCUT2D eigenvalue weighted by atomic mass is 19.1. The minimum Gasteiger partial charge on any atom is -0.491 e. The van der Waals surface area contributed by atoms with Gasteiger partial charge >= 0.3 is 0 Å². The van der Waals surface area contributed by atoms with E-state index in [-0.39, 0.29) is 17.7 Å². The van der Waals surface area contributed by atoms with E-state index >= 15 is 0 Å². The van der Waals surface area contributed by atoms with Gasteiger partial charge < -0.3 is 10.1 Å². The molecule has 3 nitrogen and oxygen atoms in total. The lowest BCUT2D eigenvalue weighted by Crippen LogP contribution is -2.14. The van der Waals surface area contributed by atoms with Crippen molar-refractivity contribution in [3.8, 4) is 5.75 Å². The van der Waals surface area contributed by atoms with Crippen LogP contribution in [0.2, 0.25) is 0 Å². The highest BCUT2D eigenvalue weighted by molar-refractivity contribution is 6.04. The van der Waals surface area contributed by atoms with Gasteiger partial charge in [0, 0.05) is 5.56 Å². The summed E-state index contributed by atoms with van der Waals surface area (Å²) in [6.45, 7) is 3.99. The Morgan fingerprint density at radius 3 is 2.71 bits per heavy atom. The van der Waals surface area contributed by atoms with Crippen molar-refractivity contribution in [2.24, 2.45) is 0 Å². The number of para-hydroxylation sites is 1. The molecule has 0 unspecified atom stereocenters. The monoisotopic (exact) mass is 287 g/mol. The molecule has 1 amide bonds. The van der Waals surface area contributed by atoms with Crippen LogP contribution in [0, 0.1) is 5.82 Å². The van der Waals surface area contributed by atoms with Crippen LogP contribution in [0.25, 0.3) is 0 Å². The van der Waals surface area contributed by atoms with E-state index < -0.39 is 5.82 Å². The van der Waals surface area contributed by atoms with E-state index in [2.05, 4.69) is 5.32 Å². The second-order valence-electron chi connectivity index (χ2n) is 4.80. The summed E-state index contributed by atoms with van der Waals surface area (Å²) in [5.41, 5.74) is 0.592. The third-order valence-corrected chi connectivity index (χ3v) is 3.13. The van der Waals surface area contributed by atoms with Crippen molar-refractivity contribution in [2.75, 3.05) is 5.32 Å². The van der Waals surface area contributed by atoms with Gasteiger partial charge in [0.05, 0.1) is 11.8 Å². The third-order valence-electron chi connectivity index (χ3n) is 3.13. The molecular weight excluding hydrogens is 269 g/mol. The molecule has 0 aliphatic rings. The number of anilines is 1. The molecule has 2 aromatic rings. The number of benzene rings is 2. The fraction of sp³-hybridized carbons (Fsp3) is 0.235. The number of rotatable bonds is 5. The smallest absolute Gasteiger partial charge is 0.255 e. The van der Waals surface area contributed by atoms with E-state index in [1.54, 1.807) is 36.4 Å². The maximum absolute atomic E-state index is 13.5. The van der Waals surface area contributed by atoms with Crippen LogP contribution in [0.5, 0.6) is 5.75 Å². The molecular formula is C17H18FNO2. The van der Waals surface area contributed by atoms with E-state index in [0.29, 0.717) is 11.3 Å². The number of amides is 1. The van der Waals surface area contributed by atoms with Crippen LogP contribution >= 0.6 is 0 Å². The Hall–Kier alpha value is -2.36. The van der Waals surface area contributed by atoms with Crippen molar-refractivity contribution in [3.05, 3.63) is 59.9 Å². The summed E-state index contributed by atoms with van der Waals surface area (Å²) in [7, 11) is 0. The second kappa shape index (κ2) is 6.88. The molecule has 0 fully saturated rings. The van der Waals surface area contributed by atoms with Gasteiger partial charge in [-0.1, -0.05) is 25.1 Å². The lowest BCUT2D eigenvalue weighted by Gasteiger charge is -2.13. The minimum absolute atomic E-state index is 0.0786. The Labute approximate surface area is 123 Å². The molecule has 0 saturated heterocycles. The number of carbonyl (C=O) groups is 1. The SMILES string of the molecule is CC[C@@H](C)Oc1cccc(C(=O)Nc2ccccc2F)c1.